The highest BCUT2D eigenvalue weighted by molar-refractivity contribution is 7.91. The van der Waals surface area contributed by atoms with Gasteiger partial charge in [0.2, 0.25) is 0 Å². The molecular weight excluding hydrogens is 278 g/mol. The Kier molecular flexibility index (Phi) is 3.71. The molecule has 8 heteroatoms. The Morgan fingerprint density at radius 2 is 2.22 bits per heavy atom. The van der Waals surface area contributed by atoms with E-state index in [-0.39, 0.29) is 17.2 Å². The normalized spacial score (nSPS) is 21.3. The molecule has 0 amide bonds. The van der Waals surface area contributed by atoms with E-state index in [9.17, 15) is 18.3 Å². The number of rotatable bonds is 4. The molecule has 1 aromatic heterocycles. The van der Waals surface area contributed by atoms with E-state index in [4.69, 9.17) is 5.11 Å². The molecular formula is C10H13NO5S2. The smallest absolute Gasteiger partial charge is 0.308 e. The van der Waals surface area contributed by atoms with Crippen molar-refractivity contribution in [3.8, 4) is 0 Å². The monoisotopic (exact) mass is 291 g/mol. The summed E-state index contributed by atoms with van der Waals surface area (Å²) < 4.78 is 25.7. The van der Waals surface area contributed by atoms with Crippen molar-refractivity contribution in [1.29, 1.82) is 0 Å². The first-order valence-corrected chi connectivity index (χ1v) is 7.64. The van der Waals surface area contributed by atoms with Gasteiger partial charge in [0.05, 0.1) is 12.5 Å². The molecule has 1 aliphatic heterocycles. The molecule has 0 spiro atoms. The third-order valence-electron chi connectivity index (χ3n) is 2.68. The zero-order chi connectivity index (χ0) is 13.3. The van der Waals surface area contributed by atoms with Crippen molar-refractivity contribution in [2.75, 3.05) is 13.1 Å². The topological polar surface area (TPSA) is 94.9 Å². The minimum absolute atomic E-state index is 0.106. The Morgan fingerprint density at radius 1 is 1.50 bits per heavy atom. The summed E-state index contributed by atoms with van der Waals surface area (Å²) in [5.41, 5.74) is 0. The number of carboxylic acids is 1. The Hall–Kier alpha value is -0.960. The number of hydrogen-bond acceptors (Lipinski definition) is 5. The fourth-order valence-electron chi connectivity index (χ4n) is 1.80. The standard InChI is InChI=1S/C10H13NO5S2/c12-7-3-4-11(6-7)18(15,16)10-2-1-8(17-10)5-9(13)14/h1-2,7,12H,3-6H2,(H,13,14)/t7-/m0/s1. The van der Waals surface area contributed by atoms with Crippen LogP contribution in [0, 0.1) is 0 Å². The minimum atomic E-state index is -3.59. The van der Waals surface area contributed by atoms with Crippen molar-refractivity contribution in [2.24, 2.45) is 0 Å². The molecule has 0 saturated carbocycles. The SMILES string of the molecule is O=C(O)Cc1ccc(S(=O)(=O)N2CC[C@H](O)C2)s1. The highest BCUT2D eigenvalue weighted by atomic mass is 32.2. The van der Waals surface area contributed by atoms with Gasteiger partial charge in [-0.2, -0.15) is 4.31 Å². The summed E-state index contributed by atoms with van der Waals surface area (Å²) in [5.74, 6) is -0.989. The number of aliphatic hydroxyl groups is 1. The van der Waals surface area contributed by atoms with Crippen LogP contribution in [-0.4, -0.2) is 48.1 Å². The molecule has 1 atom stereocenters. The molecule has 2 N–H and O–H groups in total. The van der Waals surface area contributed by atoms with Crippen molar-refractivity contribution >= 4 is 27.3 Å². The molecule has 1 aliphatic rings. The van der Waals surface area contributed by atoms with Crippen LogP contribution < -0.4 is 0 Å². The fourth-order valence-corrected chi connectivity index (χ4v) is 4.79. The van der Waals surface area contributed by atoms with Gasteiger partial charge < -0.3 is 10.2 Å². The van der Waals surface area contributed by atoms with Crippen molar-refractivity contribution in [3.05, 3.63) is 17.0 Å². The minimum Gasteiger partial charge on any atom is -0.481 e. The second kappa shape index (κ2) is 4.96. The van der Waals surface area contributed by atoms with Gasteiger partial charge in [0, 0.05) is 18.0 Å². The van der Waals surface area contributed by atoms with Gasteiger partial charge in [0.25, 0.3) is 10.0 Å². The van der Waals surface area contributed by atoms with Gasteiger partial charge in [0.15, 0.2) is 0 Å². The molecule has 6 nitrogen and oxygen atoms in total. The van der Waals surface area contributed by atoms with E-state index in [1.54, 1.807) is 0 Å². The third-order valence-corrected chi connectivity index (χ3v) is 6.10. The van der Waals surface area contributed by atoms with Crippen LogP contribution in [-0.2, 0) is 21.2 Å². The molecule has 0 unspecified atom stereocenters. The molecule has 0 aromatic carbocycles. The average molecular weight is 291 g/mol. The van der Waals surface area contributed by atoms with Crippen LogP contribution in [0.15, 0.2) is 16.3 Å². The lowest BCUT2D eigenvalue weighted by Gasteiger charge is -2.13. The Bertz CT molecular complexity index is 550. The summed E-state index contributed by atoms with van der Waals surface area (Å²) in [6, 6.07) is 2.93. The lowest BCUT2D eigenvalue weighted by Crippen LogP contribution is -2.29. The number of hydrogen-bond donors (Lipinski definition) is 2. The molecule has 1 fully saturated rings. The first-order chi connectivity index (χ1) is 8.39. The molecule has 0 aliphatic carbocycles. The van der Waals surface area contributed by atoms with Crippen LogP contribution in [0.4, 0.5) is 0 Å². The third kappa shape index (κ3) is 2.72. The quantitative estimate of drug-likeness (QED) is 0.822. The highest BCUT2D eigenvalue weighted by Gasteiger charge is 2.32. The average Bonchev–Trinajstić information content (AvgIpc) is 2.86. The van der Waals surface area contributed by atoms with Gasteiger partial charge in [-0.25, -0.2) is 8.42 Å². The first-order valence-electron chi connectivity index (χ1n) is 5.38. The van der Waals surface area contributed by atoms with Gasteiger partial charge in [-0.1, -0.05) is 0 Å². The van der Waals surface area contributed by atoms with Crippen molar-refractivity contribution in [3.63, 3.8) is 0 Å². The maximum absolute atomic E-state index is 12.2. The van der Waals surface area contributed by atoms with Crippen LogP contribution in [0.1, 0.15) is 11.3 Å². The fraction of sp³-hybridized carbons (Fsp3) is 0.500. The van der Waals surface area contributed by atoms with Gasteiger partial charge in [0.1, 0.15) is 4.21 Å². The Morgan fingerprint density at radius 3 is 2.78 bits per heavy atom. The Balaban J connectivity index is 2.20. The lowest BCUT2D eigenvalue weighted by atomic mass is 10.3. The number of aliphatic hydroxyl groups excluding tert-OH is 1. The maximum Gasteiger partial charge on any atom is 0.308 e. The van der Waals surface area contributed by atoms with E-state index in [1.165, 1.54) is 16.4 Å². The van der Waals surface area contributed by atoms with E-state index < -0.39 is 22.1 Å². The molecule has 0 bridgehead atoms. The van der Waals surface area contributed by atoms with E-state index in [2.05, 4.69) is 0 Å². The number of nitrogens with zero attached hydrogens (tertiary/aromatic N) is 1. The summed E-state index contributed by atoms with van der Waals surface area (Å²) in [5, 5.41) is 18.0. The van der Waals surface area contributed by atoms with Crippen LogP contribution in [0.3, 0.4) is 0 Å². The summed E-state index contributed by atoms with van der Waals surface area (Å²) in [7, 11) is -3.59. The Labute approximate surface area is 109 Å². The second-order valence-electron chi connectivity index (χ2n) is 4.10. The van der Waals surface area contributed by atoms with E-state index in [0.717, 1.165) is 11.3 Å². The van der Waals surface area contributed by atoms with Crippen molar-refractivity contribution in [2.45, 2.75) is 23.2 Å². The molecule has 2 heterocycles. The van der Waals surface area contributed by atoms with Crippen LogP contribution in [0.25, 0.3) is 0 Å². The molecule has 0 radical (unpaired) electrons. The van der Waals surface area contributed by atoms with Gasteiger partial charge >= 0.3 is 5.97 Å². The molecule has 1 aromatic rings. The van der Waals surface area contributed by atoms with Gasteiger partial charge in [-0.05, 0) is 18.6 Å². The van der Waals surface area contributed by atoms with E-state index >= 15 is 0 Å². The van der Waals surface area contributed by atoms with Crippen LogP contribution >= 0.6 is 11.3 Å². The summed E-state index contributed by atoms with van der Waals surface area (Å²) in [4.78, 5) is 11.0. The van der Waals surface area contributed by atoms with E-state index in [1.807, 2.05) is 0 Å². The highest BCUT2D eigenvalue weighted by Crippen LogP contribution is 2.27. The van der Waals surface area contributed by atoms with Crippen molar-refractivity contribution < 1.29 is 23.4 Å². The predicted octanol–water partition coefficient (Wildman–Crippen LogP) is 0.130. The number of aliphatic carboxylic acids is 1. The number of β-amino-alcohol motifs (C(OH)–C–C–N with tert-alkyl or cyclic N) is 1. The lowest BCUT2D eigenvalue weighted by molar-refractivity contribution is -0.136. The number of thiophene rings is 1. The van der Waals surface area contributed by atoms with Crippen LogP contribution in [0.5, 0.6) is 0 Å². The maximum atomic E-state index is 12.2. The van der Waals surface area contributed by atoms with Crippen LogP contribution in [0.2, 0.25) is 0 Å². The molecule has 2 rings (SSSR count). The summed E-state index contributed by atoms with van der Waals surface area (Å²) in [6.07, 6.45) is -0.353. The predicted molar refractivity (Wildman–Crippen MR) is 65.0 cm³/mol. The second-order valence-corrected chi connectivity index (χ2v) is 7.43. The molecule has 100 valence electrons. The zero-order valence-corrected chi connectivity index (χ0v) is 11.1. The number of carbonyl (C=O) groups is 1. The van der Waals surface area contributed by atoms with Gasteiger partial charge in [-0.15, -0.1) is 11.3 Å². The largest absolute Gasteiger partial charge is 0.481 e. The molecule has 1 saturated heterocycles. The summed E-state index contributed by atoms with van der Waals surface area (Å²) in [6.45, 7) is 0.407. The molecule has 18 heavy (non-hydrogen) atoms. The number of sulfonamides is 1. The zero-order valence-electron chi connectivity index (χ0n) is 9.44. The van der Waals surface area contributed by atoms with E-state index in [0.29, 0.717) is 17.8 Å². The first kappa shape index (κ1) is 13.5. The summed E-state index contributed by atoms with van der Waals surface area (Å²) >= 11 is 0.964. The van der Waals surface area contributed by atoms with Crippen molar-refractivity contribution in [1.82, 2.24) is 4.31 Å². The van der Waals surface area contributed by atoms with Gasteiger partial charge in [-0.3, -0.25) is 4.79 Å². The number of carboxylic acid groups (broad SMARTS) is 1.